The summed E-state index contributed by atoms with van der Waals surface area (Å²) in [6.45, 7) is 20.4. The van der Waals surface area contributed by atoms with Crippen LogP contribution in [0.1, 0.15) is 180 Å². The molecule has 602 valence electrons. The molecule has 114 heavy (non-hydrogen) atoms. The molecule has 0 bridgehead atoms. The molecule has 41 heteroatoms. The number of hydrogen-bond donors (Lipinski definition) is 12. The first-order valence-corrected chi connectivity index (χ1v) is 35.9. The molecule has 12 aromatic rings. The molecule has 12 rings (SSSR count). The molecule has 4 aromatic carbocycles. The zero-order valence-corrected chi connectivity index (χ0v) is 63.3. The lowest BCUT2D eigenvalue weighted by Gasteiger charge is -2.16. The summed E-state index contributed by atoms with van der Waals surface area (Å²) in [5.41, 5.74) is 2.29. The molecule has 12 N–H and O–H groups in total. The number of aryl methyl sites for hydroxylation is 6. The third-order valence-electron chi connectivity index (χ3n) is 16.2. The van der Waals surface area contributed by atoms with Crippen LogP contribution in [0.5, 0.6) is 0 Å². The molecule has 8 heterocycles. The van der Waals surface area contributed by atoms with Gasteiger partial charge < -0.3 is 47.3 Å². The molecule has 4 atom stereocenters. The quantitative estimate of drug-likeness (QED) is 0.0153. The van der Waals surface area contributed by atoms with E-state index in [2.05, 4.69) is 145 Å². The number of H-pyrrole nitrogens is 4. The molecule has 8 aromatic heterocycles. The van der Waals surface area contributed by atoms with E-state index in [1.165, 1.54) is 48.5 Å². The molecular formula is C73H81F11N28O2. The van der Waals surface area contributed by atoms with E-state index in [1.807, 2.05) is 44.9 Å². The molecule has 0 aliphatic carbocycles. The Labute approximate surface area is 645 Å². The Bertz CT molecular complexity index is 5180. The van der Waals surface area contributed by atoms with Gasteiger partial charge in [-0.3, -0.25) is 20.4 Å². The third-order valence-corrected chi connectivity index (χ3v) is 16.2. The van der Waals surface area contributed by atoms with E-state index in [-0.39, 0.29) is 53.0 Å². The summed E-state index contributed by atoms with van der Waals surface area (Å²) in [7, 11) is 0. The zero-order chi connectivity index (χ0) is 82.3. The van der Waals surface area contributed by atoms with Crippen LogP contribution in [-0.4, -0.2) is 113 Å². The highest BCUT2D eigenvalue weighted by Crippen LogP contribution is 2.31. The van der Waals surface area contributed by atoms with Gasteiger partial charge in [0.1, 0.15) is 81.2 Å². The predicted molar refractivity (Wildman–Crippen MR) is 402 cm³/mol. The molecule has 0 aliphatic rings. The van der Waals surface area contributed by atoms with Crippen molar-refractivity contribution in [2.45, 2.75) is 151 Å². The van der Waals surface area contributed by atoms with E-state index in [0.717, 1.165) is 67.0 Å². The maximum absolute atomic E-state index is 14.0. The number of carbonyl (C=O) groups excluding carboxylic acids is 1. The van der Waals surface area contributed by atoms with E-state index in [0.29, 0.717) is 101 Å². The monoisotopic (exact) mass is 1590 g/mol. The van der Waals surface area contributed by atoms with Gasteiger partial charge in [0, 0.05) is 108 Å². The van der Waals surface area contributed by atoms with E-state index in [4.69, 9.17) is 4.74 Å². The molecule has 0 aliphatic heterocycles. The topological polar surface area (TPSA) is 392 Å². The Hall–Kier alpha value is -13.1. The van der Waals surface area contributed by atoms with Crippen LogP contribution in [0.25, 0.3) is 0 Å². The lowest BCUT2D eigenvalue weighted by atomic mass is 10.1. The lowest BCUT2D eigenvalue weighted by molar-refractivity contribution is -0.141. The van der Waals surface area contributed by atoms with Crippen LogP contribution < -0.4 is 42.5 Å². The van der Waals surface area contributed by atoms with Gasteiger partial charge in [-0.2, -0.15) is 93.4 Å². The number of nitrogens with zero attached hydrogens (tertiary/aromatic N) is 16. The minimum absolute atomic E-state index is 0.0358. The van der Waals surface area contributed by atoms with Crippen LogP contribution in [0.15, 0.2) is 97.1 Å². The van der Waals surface area contributed by atoms with Gasteiger partial charge >= 0.3 is 12.1 Å². The minimum Gasteiger partial charge on any atom is -0.461 e. The third kappa shape index (κ3) is 24.4. The van der Waals surface area contributed by atoms with Gasteiger partial charge in [-0.1, -0.05) is 72.2 Å². The number of alkyl halides is 3. The van der Waals surface area contributed by atoms with Crippen molar-refractivity contribution in [2.24, 2.45) is 0 Å². The predicted octanol–water partition coefficient (Wildman–Crippen LogP) is 16.1. The summed E-state index contributed by atoms with van der Waals surface area (Å²) in [5, 5.41) is 49.7. The number of anilines is 12. The number of aromatic amines is 4. The maximum Gasteiger partial charge on any atom is 0.432 e. The summed E-state index contributed by atoms with van der Waals surface area (Å²) in [4.78, 5) is 63.0. The summed E-state index contributed by atoms with van der Waals surface area (Å²) >= 11 is 0. The number of benzene rings is 4. The van der Waals surface area contributed by atoms with Crippen molar-refractivity contribution in [3.63, 3.8) is 0 Å². The van der Waals surface area contributed by atoms with Crippen LogP contribution in [0.3, 0.4) is 0 Å². The van der Waals surface area contributed by atoms with Gasteiger partial charge in [0.05, 0.1) is 30.8 Å². The summed E-state index contributed by atoms with van der Waals surface area (Å²) in [5.74, 6) is -0.640. The van der Waals surface area contributed by atoms with Crippen molar-refractivity contribution in [2.75, 3.05) is 49.1 Å². The van der Waals surface area contributed by atoms with Gasteiger partial charge in [-0.15, -0.1) is 0 Å². The highest BCUT2D eigenvalue weighted by molar-refractivity contribution is 5.88. The Kier molecular flexibility index (Phi) is 29.5. The smallest absolute Gasteiger partial charge is 0.432 e. The number of rotatable bonds is 29. The van der Waals surface area contributed by atoms with E-state index in [1.54, 1.807) is 41.5 Å². The number of esters is 1. The fourth-order valence-electron chi connectivity index (χ4n) is 10.4. The first-order chi connectivity index (χ1) is 54.5. The fraction of sp³-hybridized carbons (Fsp3) is 0.329. The Morgan fingerprint density at radius 2 is 0.667 bits per heavy atom. The Balaban J connectivity index is 0.000000174. The molecule has 0 amide bonds. The van der Waals surface area contributed by atoms with Crippen molar-refractivity contribution < 1.29 is 57.8 Å². The minimum atomic E-state index is -4.57. The number of nitrogens with one attached hydrogen (secondary N) is 12. The van der Waals surface area contributed by atoms with Crippen molar-refractivity contribution >= 4 is 76.8 Å². The average Bonchev–Trinajstić information content (AvgIpc) is 1.46. The van der Waals surface area contributed by atoms with E-state index in [9.17, 15) is 53.1 Å². The van der Waals surface area contributed by atoms with Crippen LogP contribution in [0, 0.1) is 46.5 Å². The molecule has 0 radical (unpaired) electrons. The molecule has 0 fully saturated rings. The van der Waals surface area contributed by atoms with Gasteiger partial charge in [0.15, 0.2) is 23.3 Å². The molecule has 0 spiro atoms. The lowest BCUT2D eigenvalue weighted by Crippen LogP contribution is -2.14. The number of carbonyl (C=O) groups is 1. The largest absolute Gasteiger partial charge is 0.461 e. The van der Waals surface area contributed by atoms with Crippen LogP contribution >= 0.6 is 0 Å². The number of hydrogen-bond acceptors (Lipinski definition) is 26. The van der Waals surface area contributed by atoms with Crippen molar-refractivity contribution in [3.05, 3.63) is 212 Å². The Morgan fingerprint density at radius 1 is 0.368 bits per heavy atom. The van der Waals surface area contributed by atoms with Crippen LogP contribution in [-0.2, 0) is 49.4 Å². The number of halogens is 11. The fourth-order valence-corrected chi connectivity index (χ4v) is 10.4. The first kappa shape index (κ1) is 84.9. The molecule has 30 nitrogen and oxygen atoms in total. The van der Waals surface area contributed by atoms with Crippen LogP contribution in [0.2, 0.25) is 0 Å². The van der Waals surface area contributed by atoms with Gasteiger partial charge in [-0.05, 0) is 71.7 Å². The summed E-state index contributed by atoms with van der Waals surface area (Å²) in [6.07, 6.45) is 0.332. The van der Waals surface area contributed by atoms with E-state index >= 15 is 0 Å². The maximum atomic E-state index is 14.0. The van der Waals surface area contributed by atoms with Crippen molar-refractivity contribution in [3.8, 4) is 0 Å². The summed E-state index contributed by atoms with van der Waals surface area (Å²) in [6, 6.07) is 17.5. The molecule has 4 unspecified atom stereocenters. The van der Waals surface area contributed by atoms with Gasteiger partial charge in [-0.25, -0.2) is 39.9 Å². The number of ether oxygens (including phenoxy) is 1. The molecular weight excluding hydrogens is 1510 g/mol. The van der Waals surface area contributed by atoms with Crippen LogP contribution in [0.4, 0.5) is 119 Å². The Morgan fingerprint density at radius 3 is 0.956 bits per heavy atom. The second-order valence-electron chi connectivity index (χ2n) is 24.8. The second kappa shape index (κ2) is 39.7. The van der Waals surface area contributed by atoms with E-state index < -0.39 is 88.5 Å². The normalized spacial score (nSPS) is 12.1. The summed E-state index contributed by atoms with van der Waals surface area (Å²) < 4.78 is 151. The highest BCUT2D eigenvalue weighted by Gasteiger charge is 2.33. The van der Waals surface area contributed by atoms with Crippen molar-refractivity contribution in [1.29, 1.82) is 0 Å². The average molecular weight is 1590 g/mol. The zero-order valence-electron chi connectivity index (χ0n) is 63.3. The second-order valence-corrected chi connectivity index (χ2v) is 24.8. The highest BCUT2D eigenvalue weighted by atomic mass is 19.4. The molecule has 0 saturated carbocycles. The van der Waals surface area contributed by atoms with Gasteiger partial charge in [0.2, 0.25) is 47.6 Å². The first-order valence-electron chi connectivity index (χ1n) is 35.9. The van der Waals surface area contributed by atoms with Crippen molar-refractivity contribution in [1.82, 2.24) is 101 Å². The molecule has 0 saturated heterocycles. The standard InChI is InChI=1S/C19H21F2N7O2.C19H23F2N7.C18H21F2N7.C17H16F5N7/c1-4-15-23-18(22-10(3)12-7-6-11(20)8-13(12)21)26-19(24-15)25-16-9-14(27-28-16)17(29)30-5-2;1-4-6-13-10-17(28-27-13)25-19-24-16(5-2)23-18(26-19)22-11(3)14-8-7-12(20)9-15(14)21;1-4-12-9-16(27-26-12)24-18-23-15(5-2)22-17(25-18)21-10(3)13-7-6-11(19)8-14(13)20;1-3-13-24-15(23-8(2)10-5-4-9(18)6-11(10)19)27-16(25-13)26-14-7-12(28-29-14)17(20,21)22/h6-10H,4-5H2,1-3H3,(H3,22,23,24,25,26,27,28);7-11H,4-6H2,1-3H3,(H3,22,23,24,25,26,27,28);6-10H,4-5H2,1-3H3,(H3,21,22,23,24,25,26,27);4-8H,3H2,1-2H3,(H3,23,24,25,26,27,28,29). The number of aromatic nitrogens is 20. The SMILES string of the molecule is CCCc1cc(Nc2nc(CC)nc(NC(C)c3ccc(F)cc3F)n2)n[nH]1.CCOC(=O)c1cc(Nc2nc(CC)nc(NC(C)c3ccc(F)cc3F)n2)n[nH]1.CCc1nc(Nc2cc(C(F)(F)F)[nH]n2)nc(NC(C)c2ccc(F)cc2F)n1.CCc1nc(Nc2cc(CC)[nH]n2)nc(NC(C)c2ccc(F)cc2F)n1. The van der Waals surface area contributed by atoms with Gasteiger partial charge in [0.25, 0.3) is 0 Å².